The summed E-state index contributed by atoms with van der Waals surface area (Å²) in [6.45, 7) is 10.2. The molecule has 1 fully saturated rings. The molecule has 1 aromatic rings. The molecule has 1 saturated heterocycles. The van der Waals surface area contributed by atoms with E-state index in [4.69, 9.17) is 0 Å². The van der Waals surface area contributed by atoms with E-state index >= 15 is 0 Å². The van der Waals surface area contributed by atoms with Crippen molar-refractivity contribution in [2.45, 2.75) is 33.6 Å². The Morgan fingerprint density at radius 3 is 2.81 bits per heavy atom. The minimum absolute atomic E-state index is 0. The molecule has 21 heavy (non-hydrogen) atoms. The summed E-state index contributed by atoms with van der Waals surface area (Å²) in [5.41, 5.74) is 0.417. The Morgan fingerprint density at radius 1 is 1.52 bits per heavy atom. The van der Waals surface area contributed by atoms with E-state index in [1.54, 1.807) is 0 Å². The fourth-order valence-corrected chi connectivity index (χ4v) is 3.61. The van der Waals surface area contributed by atoms with Gasteiger partial charge in [-0.25, -0.2) is 0 Å². The van der Waals surface area contributed by atoms with Crippen molar-refractivity contribution in [3.63, 3.8) is 0 Å². The van der Waals surface area contributed by atoms with Crippen LogP contribution in [0.2, 0.25) is 0 Å². The largest absolute Gasteiger partial charge is 0.356 e. The average Bonchev–Trinajstić information content (AvgIpc) is 3.00. The zero-order valence-electron chi connectivity index (χ0n) is 13.6. The number of hydrogen-bond donors (Lipinski definition) is 1. The molecule has 1 atom stereocenters. The first-order valence-electron chi connectivity index (χ1n) is 7.48. The Morgan fingerprint density at radius 2 is 2.29 bits per heavy atom. The minimum Gasteiger partial charge on any atom is -0.356 e. The molecule has 1 aromatic heterocycles. The van der Waals surface area contributed by atoms with E-state index < -0.39 is 0 Å². The van der Waals surface area contributed by atoms with Crippen LogP contribution in [0, 0.1) is 11.3 Å². The fourth-order valence-electron chi connectivity index (χ4n) is 2.74. The van der Waals surface area contributed by atoms with Crippen LogP contribution in [0.5, 0.6) is 0 Å². The molecular formula is C16H28IN3S. The summed E-state index contributed by atoms with van der Waals surface area (Å²) in [6, 6.07) is 4.35. The van der Waals surface area contributed by atoms with Crippen molar-refractivity contribution in [1.82, 2.24) is 10.2 Å². The summed E-state index contributed by atoms with van der Waals surface area (Å²) in [5, 5.41) is 5.70. The summed E-state index contributed by atoms with van der Waals surface area (Å²) >= 11 is 1.85. The van der Waals surface area contributed by atoms with Gasteiger partial charge in [0.1, 0.15) is 0 Å². The quantitative estimate of drug-likeness (QED) is 0.454. The lowest BCUT2D eigenvalue weighted by molar-refractivity contribution is 0.368. The first-order valence-corrected chi connectivity index (χ1v) is 8.36. The SMILES string of the molecule is CN=C(NCC(C)Cc1cccs1)N1CCC(C)(C)C1.I. The molecule has 0 aliphatic carbocycles. The molecule has 2 rings (SSSR count). The Kier molecular flexibility index (Phi) is 7.47. The number of likely N-dealkylation sites (tertiary alicyclic amines) is 1. The Bertz CT molecular complexity index is 442. The van der Waals surface area contributed by atoms with Gasteiger partial charge >= 0.3 is 0 Å². The van der Waals surface area contributed by atoms with Gasteiger partial charge < -0.3 is 10.2 Å². The van der Waals surface area contributed by atoms with E-state index in [-0.39, 0.29) is 24.0 Å². The third kappa shape index (κ3) is 5.77. The van der Waals surface area contributed by atoms with Gasteiger partial charge in [-0.3, -0.25) is 4.99 Å². The van der Waals surface area contributed by atoms with E-state index in [2.05, 4.69) is 53.5 Å². The summed E-state index contributed by atoms with van der Waals surface area (Å²) in [7, 11) is 1.89. The molecule has 0 aromatic carbocycles. The number of guanidine groups is 1. The predicted molar refractivity (Wildman–Crippen MR) is 104 cm³/mol. The number of aliphatic imine (C=N–C) groups is 1. The second kappa shape index (κ2) is 8.36. The van der Waals surface area contributed by atoms with Crippen LogP contribution in [-0.2, 0) is 6.42 Å². The third-order valence-corrected chi connectivity index (χ3v) is 4.83. The molecule has 5 heteroatoms. The van der Waals surface area contributed by atoms with E-state index in [0.29, 0.717) is 11.3 Å². The van der Waals surface area contributed by atoms with Gasteiger partial charge in [0.2, 0.25) is 0 Å². The summed E-state index contributed by atoms with van der Waals surface area (Å²) in [6.07, 6.45) is 2.39. The van der Waals surface area contributed by atoms with Gasteiger partial charge in [0.25, 0.3) is 0 Å². The molecule has 0 saturated carbocycles. The second-order valence-electron chi connectivity index (χ2n) is 6.65. The van der Waals surface area contributed by atoms with Crippen molar-refractivity contribution >= 4 is 41.3 Å². The van der Waals surface area contributed by atoms with Crippen LogP contribution >= 0.6 is 35.3 Å². The smallest absolute Gasteiger partial charge is 0.193 e. The molecule has 120 valence electrons. The summed E-state index contributed by atoms with van der Waals surface area (Å²) < 4.78 is 0. The summed E-state index contributed by atoms with van der Waals surface area (Å²) in [4.78, 5) is 8.29. The Hall–Kier alpha value is -0.300. The normalized spacial score (nSPS) is 19.2. The topological polar surface area (TPSA) is 27.6 Å². The van der Waals surface area contributed by atoms with Crippen LogP contribution in [0.15, 0.2) is 22.5 Å². The zero-order chi connectivity index (χ0) is 14.6. The van der Waals surface area contributed by atoms with Gasteiger partial charge in [-0.1, -0.05) is 26.8 Å². The first-order chi connectivity index (χ1) is 9.50. The maximum Gasteiger partial charge on any atom is 0.193 e. The monoisotopic (exact) mass is 421 g/mol. The maximum atomic E-state index is 4.44. The van der Waals surface area contributed by atoms with E-state index in [1.165, 1.54) is 11.3 Å². The second-order valence-corrected chi connectivity index (χ2v) is 7.68. The highest BCUT2D eigenvalue weighted by Crippen LogP contribution is 2.28. The third-order valence-electron chi connectivity index (χ3n) is 3.93. The van der Waals surface area contributed by atoms with Gasteiger partial charge in [-0.05, 0) is 35.6 Å². The van der Waals surface area contributed by atoms with Crippen molar-refractivity contribution in [2.75, 3.05) is 26.7 Å². The number of nitrogens with one attached hydrogen (secondary N) is 1. The van der Waals surface area contributed by atoms with E-state index in [0.717, 1.165) is 32.0 Å². The molecule has 0 spiro atoms. The number of rotatable bonds is 4. The molecule has 1 aliphatic rings. The average molecular weight is 421 g/mol. The van der Waals surface area contributed by atoms with E-state index in [9.17, 15) is 0 Å². The zero-order valence-corrected chi connectivity index (χ0v) is 16.7. The van der Waals surface area contributed by atoms with Crippen molar-refractivity contribution < 1.29 is 0 Å². The molecule has 0 bridgehead atoms. The maximum absolute atomic E-state index is 4.44. The van der Waals surface area contributed by atoms with Crippen molar-refractivity contribution in [2.24, 2.45) is 16.3 Å². The fraction of sp³-hybridized carbons (Fsp3) is 0.688. The molecule has 1 aliphatic heterocycles. The predicted octanol–water partition coefficient (Wildman–Crippen LogP) is 3.85. The van der Waals surface area contributed by atoms with E-state index in [1.807, 2.05) is 18.4 Å². The number of halogens is 1. The Balaban J connectivity index is 0.00000220. The van der Waals surface area contributed by atoms with Crippen LogP contribution in [0.1, 0.15) is 32.1 Å². The molecule has 1 unspecified atom stereocenters. The Labute approximate surface area is 150 Å². The summed E-state index contributed by atoms with van der Waals surface area (Å²) in [5.74, 6) is 1.69. The highest BCUT2D eigenvalue weighted by molar-refractivity contribution is 14.0. The van der Waals surface area contributed by atoms with Crippen molar-refractivity contribution in [1.29, 1.82) is 0 Å². The highest BCUT2D eigenvalue weighted by atomic mass is 127. The number of nitrogens with zero attached hydrogens (tertiary/aromatic N) is 2. The van der Waals surface area contributed by atoms with Crippen molar-refractivity contribution in [3.8, 4) is 0 Å². The molecule has 0 radical (unpaired) electrons. The van der Waals surface area contributed by atoms with Crippen LogP contribution in [-0.4, -0.2) is 37.5 Å². The van der Waals surface area contributed by atoms with Crippen LogP contribution in [0.3, 0.4) is 0 Å². The van der Waals surface area contributed by atoms with Gasteiger partial charge in [0, 0.05) is 31.6 Å². The van der Waals surface area contributed by atoms with Gasteiger partial charge in [-0.2, -0.15) is 0 Å². The molecule has 2 heterocycles. The van der Waals surface area contributed by atoms with Gasteiger partial charge in [-0.15, -0.1) is 35.3 Å². The standard InChI is InChI=1S/C16H27N3S.HI/c1-13(10-14-6-5-9-20-14)11-18-15(17-4)19-8-7-16(2,3)12-19;/h5-6,9,13H,7-8,10-12H2,1-4H3,(H,17,18);1H. The lowest BCUT2D eigenvalue weighted by Gasteiger charge is -2.24. The van der Waals surface area contributed by atoms with Gasteiger partial charge in [0.05, 0.1) is 0 Å². The molecule has 3 nitrogen and oxygen atoms in total. The lowest BCUT2D eigenvalue weighted by atomic mass is 9.93. The highest BCUT2D eigenvalue weighted by Gasteiger charge is 2.30. The molecule has 0 amide bonds. The van der Waals surface area contributed by atoms with Gasteiger partial charge in [0.15, 0.2) is 5.96 Å². The van der Waals surface area contributed by atoms with Crippen LogP contribution in [0.4, 0.5) is 0 Å². The molecular weight excluding hydrogens is 393 g/mol. The minimum atomic E-state index is 0. The number of thiophene rings is 1. The number of hydrogen-bond acceptors (Lipinski definition) is 2. The first kappa shape index (κ1) is 18.7. The van der Waals surface area contributed by atoms with Crippen LogP contribution < -0.4 is 5.32 Å². The van der Waals surface area contributed by atoms with Crippen LogP contribution in [0.25, 0.3) is 0 Å². The molecule has 1 N–H and O–H groups in total. The van der Waals surface area contributed by atoms with Crippen molar-refractivity contribution in [3.05, 3.63) is 22.4 Å². The lowest BCUT2D eigenvalue weighted by Crippen LogP contribution is -2.42.